The number of hydrogen-bond donors (Lipinski definition) is 5. The molecule has 1 aliphatic heterocycles. The lowest BCUT2D eigenvalue weighted by atomic mass is 9.96. The summed E-state index contributed by atoms with van der Waals surface area (Å²) in [6.45, 7) is 3.57. The third kappa shape index (κ3) is 7.93. The third-order valence-electron chi connectivity index (χ3n) is 5.28. The van der Waals surface area contributed by atoms with E-state index < -0.39 is 48.0 Å². The van der Waals surface area contributed by atoms with E-state index in [9.17, 15) is 28.0 Å². The molecule has 1 aromatic heterocycles. The molecule has 1 atom stereocenters. The maximum Gasteiger partial charge on any atom is 0.336 e. The highest BCUT2D eigenvalue weighted by Gasteiger charge is 2.40. The molecule has 13 heteroatoms. The number of aliphatic hydroxyl groups is 1. The molecule has 5 N–H and O–H groups in total. The SMILES string of the molecule is Cc1nc(C2CCN(Cc3cccc(F)c3F)C2)cc(=O)[nH]1.O=C(O)CC(O)(CC(=O)O)C(=O)O. The summed E-state index contributed by atoms with van der Waals surface area (Å²) >= 11 is 0. The number of hydrogen-bond acceptors (Lipinski definition) is 7. The van der Waals surface area contributed by atoms with Crippen molar-refractivity contribution in [3.05, 3.63) is 63.3 Å². The Morgan fingerprint density at radius 1 is 1.17 bits per heavy atom. The van der Waals surface area contributed by atoms with Crippen molar-refractivity contribution in [2.45, 2.75) is 44.2 Å². The van der Waals surface area contributed by atoms with Gasteiger partial charge < -0.3 is 25.4 Å². The van der Waals surface area contributed by atoms with Gasteiger partial charge in [0.05, 0.1) is 18.5 Å². The Bertz CT molecular complexity index is 1140. The van der Waals surface area contributed by atoms with Crippen LogP contribution in [0.5, 0.6) is 0 Å². The summed E-state index contributed by atoms with van der Waals surface area (Å²) in [4.78, 5) is 51.1. The van der Waals surface area contributed by atoms with Crippen LogP contribution < -0.4 is 5.56 Å². The molecular weight excluding hydrogens is 472 g/mol. The number of aliphatic carboxylic acids is 3. The highest BCUT2D eigenvalue weighted by Crippen LogP contribution is 2.27. The maximum atomic E-state index is 13.7. The van der Waals surface area contributed by atoms with Crippen LogP contribution in [0.3, 0.4) is 0 Å². The van der Waals surface area contributed by atoms with Gasteiger partial charge in [0.15, 0.2) is 17.2 Å². The normalized spacial score (nSPS) is 15.8. The van der Waals surface area contributed by atoms with Gasteiger partial charge in [0.1, 0.15) is 5.82 Å². The molecule has 0 amide bonds. The number of carboxylic acids is 3. The summed E-state index contributed by atoms with van der Waals surface area (Å²) in [5.41, 5.74) is -1.77. The van der Waals surface area contributed by atoms with E-state index in [1.165, 1.54) is 12.1 Å². The lowest BCUT2D eigenvalue weighted by Crippen LogP contribution is -2.42. The Hall–Kier alpha value is -3.71. The summed E-state index contributed by atoms with van der Waals surface area (Å²) in [5, 5.41) is 33.8. The van der Waals surface area contributed by atoms with Crippen molar-refractivity contribution in [3.63, 3.8) is 0 Å². The van der Waals surface area contributed by atoms with E-state index >= 15 is 0 Å². The van der Waals surface area contributed by atoms with Crippen LogP contribution in [0.1, 0.15) is 42.3 Å². The van der Waals surface area contributed by atoms with Crippen molar-refractivity contribution in [1.29, 1.82) is 0 Å². The number of carbonyl (C=O) groups is 3. The van der Waals surface area contributed by atoms with E-state index in [1.54, 1.807) is 13.0 Å². The van der Waals surface area contributed by atoms with Crippen LogP contribution in [0.2, 0.25) is 0 Å². The van der Waals surface area contributed by atoms with Gasteiger partial charge in [-0.15, -0.1) is 0 Å². The van der Waals surface area contributed by atoms with Gasteiger partial charge >= 0.3 is 17.9 Å². The van der Waals surface area contributed by atoms with Gasteiger partial charge in [-0.1, -0.05) is 12.1 Å². The van der Waals surface area contributed by atoms with Crippen molar-refractivity contribution in [2.24, 2.45) is 0 Å². The molecule has 1 fully saturated rings. The van der Waals surface area contributed by atoms with E-state index in [1.807, 2.05) is 0 Å². The molecule has 1 unspecified atom stereocenters. The van der Waals surface area contributed by atoms with E-state index in [4.69, 9.17) is 20.4 Å². The smallest absolute Gasteiger partial charge is 0.336 e. The number of nitrogens with one attached hydrogen (secondary N) is 1. The second-order valence-corrected chi connectivity index (χ2v) is 8.17. The second-order valence-electron chi connectivity index (χ2n) is 8.17. The summed E-state index contributed by atoms with van der Waals surface area (Å²) in [6, 6.07) is 5.75. The molecule has 3 rings (SSSR count). The predicted octanol–water partition coefficient (Wildman–Crippen LogP) is 1.10. The Morgan fingerprint density at radius 3 is 2.34 bits per heavy atom. The number of carboxylic acid groups (broad SMARTS) is 3. The fraction of sp³-hybridized carbons (Fsp3) is 0.409. The number of aromatic nitrogens is 2. The average molecular weight is 497 g/mol. The van der Waals surface area contributed by atoms with E-state index in [0.29, 0.717) is 24.5 Å². The molecule has 0 spiro atoms. The molecule has 35 heavy (non-hydrogen) atoms. The fourth-order valence-electron chi connectivity index (χ4n) is 3.65. The fourth-order valence-corrected chi connectivity index (χ4v) is 3.65. The molecule has 0 radical (unpaired) electrons. The number of halogens is 2. The van der Waals surface area contributed by atoms with Gasteiger partial charge in [0.25, 0.3) is 5.56 Å². The topological polar surface area (TPSA) is 181 Å². The zero-order valence-electron chi connectivity index (χ0n) is 18.7. The van der Waals surface area contributed by atoms with Crippen molar-refractivity contribution >= 4 is 17.9 Å². The molecule has 190 valence electrons. The molecule has 2 heterocycles. The molecule has 0 aliphatic carbocycles. The monoisotopic (exact) mass is 497 g/mol. The van der Waals surface area contributed by atoms with E-state index in [0.717, 1.165) is 24.7 Å². The minimum atomic E-state index is -2.74. The van der Waals surface area contributed by atoms with Crippen LogP contribution in [0.25, 0.3) is 0 Å². The number of aromatic amines is 1. The zero-order valence-corrected chi connectivity index (χ0v) is 18.7. The van der Waals surface area contributed by atoms with Crippen molar-refractivity contribution in [1.82, 2.24) is 14.9 Å². The minimum absolute atomic E-state index is 0.151. The number of likely N-dealkylation sites (tertiary alicyclic amines) is 1. The van der Waals surface area contributed by atoms with Crippen LogP contribution in [0.4, 0.5) is 8.78 Å². The summed E-state index contributed by atoms with van der Waals surface area (Å²) in [7, 11) is 0. The molecule has 2 aromatic rings. The molecule has 0 bridgehead atoms. The summed E-state index contributed by atoms with van der Waals surface area (Å²) in [5.74, 6) is -5.87. The van der Waals surface area contributed by atoms with Gasteiger partial charge in [-0.05, 0) is 26.0 Å². The number of rotatable bonds is 8. The summed E-state index contributed by atoms with van der Waals surface area (Å²) < 4.78 is 27.0. The molecule has 1 saturated heterocycles. The molecule has 0 saturated carbocycles. The van der Waals surface area contributed by atoms with Crippen molar-refractivity contribution in [2.75, 3.05) is 13.1 Å². The predicted molar refractivity (Wildman–Crippen MR) is 116 cm³/mol. The lowest BCUT2D eigenvalue weighted by molar-refractivity contribution is -0.170. The molecular formula is C22H25F2N3O8. The summed E-state index contributed by atoms with van der Waals surface area (Å²) in [6.07, 6.45) is -1.43. The highest BCUT2D eigenvalue weighted by molar-refractivity contribution is 5.88. The largest absolute Gasteiger partial charge is 0.481 e. The zero-order chi connectivity index (χ0) is 26.3. The van der Waals surface area contributed by atoms with Crippen LogP contribution in [0, 0.1) is 18.6 Å². The Kier molecular flexibility index (Phi) is 9.14. The Morgan fingerprint density at radius 2 is 1.80 bits per heavy atom. The van der Waals surface area contributed by atoms with Crippen molar-refractivity contribution < 1.29 is 43.6 Å². The van der Waals surface area contributed by atoms with Gasteiger partial charge in [0, 0.05) is 30.6 Å². The average Bonchev–Trinajstić information content (AvgIpc) is 3.18. The first-order valence-corrected chi connectivity index (χ1v) is 10.4. The number of benzene rings is 1. The van der Waals surface area contributed by atoms with Crippen LogP contribution in [-0.4, -0.2) is 71.9 Å². The van der Waals surface area contributed by atoms with Gasteiger partial charge in [-0.2, -0.15) is 0 Å². The Balaban J connectivity index is 0.000000287. The highest BCUT2D eigenvalue weighted by atomic mass is 19.2. The second kappa shape index (κ2) is 11.6. The minimum Gasteiger partial charge on any atom is -0.481 e. The number of H-pyrrole nitrogens is 1. The van der Waals surface area contributed by atoms with Gasteiger partial charge in [-0.25, -0.2) is 18.6 Å². The molecule has 11 nitrogen and oxygen atoms in total. The molecule has 1 aliphatic rings. The van der Waals surface area contributed by atoms with Crippen molar-refractivity contribution in [3.8, 4) is 0 Å². The first kappa shape index (κ1) is 27.5. The number of nitrogens with zero attached hydrogens (tertiary/aromatic N) is 2. The number of aryl methyl sites for hydroxylation is 1. The standard InChI is InChI=1S/C16H17F2N3O.C6H8O7/c1-10-19-14(7-15(22)20-10)11-5-6-21(8-11)9-12-3-2-4-13(17)16(12)18;7-3(8)1-6(13,5(11)12)2-4(9)10/h2-4,7,11H,5-6,8-9H2,1H3,(H,19,20,22);13H,1-2H2,(H,7,8)(H,9,10)(H,11,12). The maximum absolute atomic E-state index is 13.7. The van der Waals surface area contributed by atoms with Crippen LogP contribution in [-0.2, 0) is 20.9 Å². The lowest BCUT2D eigenvalue weighted by Gasteiger charge is -2.18. The first-order chi connectivity index (χ1) is 16.3. The van der Waals surface area contributed by atoms with E-state index in [2.05, 4.69) is 14.9 Å². The van der Waals surface area contributed by atoms with Gasteiger partial charge in [-0.3, -0.25) is 19.3 Å². The van der Waals surface area contributed by atoms with Gasteiger partial charge in [0.2, 0.25) is 0 Å². The van der Waals surface area contributed by atoms with Crippen LogP contribution in [0.15, 0.2) is 29.1 Å². The Labute approximate surface area is 197 Å². The quantitative estimate of drug-likeness (QED) is 0.354. The van der Waals surface area contributed by atoms with E-state index in [-0.39, 0.29) is 11.5 Å². The third-order valence-corrected chi connectivity index (χ3v) is 5.28. The molecule has 1 aromatic carbocycles. The van der Waals surface area contributed by atoms with Crippen LogP contribution >= 0.6 is 0 Å². The first-order valence-electron chi connectivity index (χ1n) is 10.4.